The lowest BCUT2D eigenvalue weighted by Crippen LogP contribution is -2.41. The Morgan fingerprint density at radius 2 is 2.00 bits per heavy atom. The largest absolute Gasteiger partial charge is 0.444 e. The second-order valence-electron chi connectivity index (χ2n) is 6.12. The first-order valence-corrected chi connectivity index (χ1v) is 11.5. The van der Waals surface area contributed by atoms with Gasteiger partial charge in [0.15, 0.2) is 10.4 Å². The van der Waals surface area contributed by atoms with E-state index in [0.717, 1.165) is 0 Å². The van der Waals surface area contributed by atoms with Crippen molar-refractivity contribution >= 4 is 49.2 Å². The molecule has 0 atom stereocenters. The molecule has 1 saturated heterocycles. The first-order chi connectivity index (χ1) is 13.4. The number of carbonyl (C=O) groups excluding carboxylic acids is 1. The van der Waals surface area contributed by atoms with Crippen molar-refractivity contribution in [3.05, 3.63) is 34.3 Å². The van der Waals surface area contributed by atoms with Gasteiger partial charge in [-0.2, -0.15) is 4.31 Å². The molecule has 3 aromatic heterocycles. The van der Waals surface area contributed by atoms with Gasteiger partial charge >= 0.3 is 6.01 Å². The summed E-state index contributed by atoms with van der Waals surface area (Å²) in [4.78, 5) is 12.5. The van der Waals surface area contributed by atoms with Crippen molar-refractivity contribution in [2.75, 3.05) is 18.4 Å². The minimum Gasteiger partial charge on any atom is -0.444 e. The van der Waals surface area contributed by atoms with Crippen LogP contribution in [0.25, 0.3) is 11.7 Å². The van der Waals surface area contributed by atoms with Crippen LogP contribution >= 0.6 is 27.3 Å². The maximum absolute atomic E-state index is 12.5. The molecule has 1 aliphatic heterocycles. The van der Waals surface area contributed by atoms with E-state index in [1.165, 1.54) is 15.6 Å². The molecule has 1 N–H and O–H groups in total. The van der Waals surface area contributed by atoms with Crippen molar-refractivity contribution in [3.8, 4) is 11.7 Å². The topological polar surface area (TPSA) is 119 Å². The average Bonchev–Trinajstić information content (AvgIpc) is 3.43. The number of furan rings is 1. The van der Waals surface area contributed by atoms with E-state index >= 15 is 0 Å². The van der Waals surface area contributed by atoms with Crippen LogP contribution < -0.4 is 5.32 Å². The summed E-state index contributed by atoms with van der Waals surface area (Å²) in [5.41, 5.74) is 0. The summed E-state index contributed by atoms with van der Waals surface area (Å²) in [6, 6.07) is 6.62. The molecule has 0 aliphatic carbocycles. The third kappa shape index (κ3) is 3.90. The summed E-state index contributed by atoms with van der Waals surface area (Å²) in [5, 5.41) is 12.0. The minimum absolute atomic E-state index is 0.0267. The van der Waals surface area contributed by atoms with Gasteiger partial charge in [0.25, 0.3) is 15.9 Å². The van der Waals surface area contributed by atoms with Gasteiger partial charge in [-0.1, -0.05) is 11.2 Å². The molecule has 0 unspecified atom stereocenters. The van der Waals surface area contributed by atoms with Crippen LogP contribution in [0.2, 0.25) is 0 Å². The first-order valence-electron chi connectivity index (χ1n) is 8.37. The van der Waals surface area contributed by atoms with E-state index in [9.17, 15) is 13.2 Å². The van der Waals surface area contributed by atoms with Crippen molar-refractivity contribution in [1.82, 2.24) is 14.5 Å². The Labute approximate surface area is 172 Å². The van der Waals surface area contributed by atoms with Crippen LogP contribution in [0.5, 0.6) is 0 Å². The van der Waals surface area contributed by atoms with Gasteiger partial charge in [0.1, 0.15) is 4.21 Å². The second kappa shape index (κ2) is 7.78. The molecule has 0 radical (unpaired) electrons. The Morgan fingerprint density at radius 1 is 1.21 bits per heavy atom. The molecule has 0 spiro atoms. The SMILES string of the molecule is O=C(Nc1nnc(-c2ccc(Br)o2)o1)C1CCN(S(=O)(=O)c2cccs2)CC1. The summed E-state index contributed by atoms with van der Waals surface area (Å²) in [5.74, 6) is -0.0725. The van der Waals surface area contributed by atoms with Crippen LogP contribution in [0.3, 0.4) is 0 Å². The fourth-order valence-electron chi connectivity index (χ4n) is 2.91. The van der Waals surface area contributed by atoms with Crippen LogP contribution in [0.15, 0.2) is 47.4 Å². The van der Waals surface area contributed by atoms with E-state index in [1.807, 2.05) is 0 Å². The zero-order valence-corrected chi connectivity index (χ0v) is 17.6. The smallest absolute Gasteiger partial charge is 0.322 e. The van der Waals surface area contributed by atoms with E-state index in [0.29, 0.717) is 27.5 Å². The number of hydrogen-bond donors (Lipinski definition) is 1. The van der Waals surface area contributed by atoms with Crippen LogP contribution in [0.1, 0.15) is 12.8 Å². The molecule has 0 bridgehead atoms. The predicted octanol–water partition coefficient (Wildman–Crippen LogP) is 3.19. The molecule has 0 aromatic carbocycles. The number of sulfonamides is 1. The van der Waals surface area contributed by atoms with Gasteiger partial charge in [-0.05, 0) is 52.4 Å². The first kappa shape index (κ1) is 19.3. The number of rotatable bonds is 5. The highest BCUT2D eigenvalue weighted by Gasteiger charge is 2.33. The van der Waals surface area contributed by atoms with E-state index in [1.54, 1.807) is 29.6 Å². The highest BCUT2D eigenvalue weighted by molar-refractivity contribution is 9.10. The molecule has 0 saturated carbocycles. The Kier molecular flexibility index (Phi) is 5.36. The lowest BCUT2D eigenvalue weighted by molar-refractivity contribution is -0.121. The van der Waals surface area contributed by atoms with Crippen molar-refractivity contribution < 1.29 is 22.0 Å². The number of anilines is 1. The zero-order chi connectivity index (χ0) is 19.7. The van der Waals surface area contributed by atoms with Gasteiger partial charge in [0, 0.05) is 19.0 Å². The molecule has 1 fully saturated rings. The second-order valence-corrected chi connectivity index (χ2v) is 10.0. The molecule has 148 valence electrons. The van der Waals surface area contributed by atoms with Gasteiger partial charge in [-0.25, -0.2) is 8.42 Å². The molecule has 4 rings (SSSR count). The number of halogens is 1. The Balaban J connectivity index is 1.35. The van der Waals surface area contributed by atoms with Gasteiger partial charge in [-0.3, -0.25) is 10.1 Å². The van der Waals surface area contributed by atoms with Crippen LogP contribution in [0, 0.1) is 5.92 Å². The fraction of sp³-hybridized carbons (Fsp3) is 0.312. The predicted molar refractivity (Wildman–Crippen MR) is 104 cm³/mol. The molecule has 12 heteroatoms. The van der Waals surface area contributed by atoms with Crippen molar-refractivity contribution in [1.29, 1.82) is 0 Å². The molecule has 4 heterocycles. The van der Waals surface area contributed by atoms with Crippen LogP contribution in [-0.4, -0.2) is 41.9 Å². The minimum atomic E-state index is -3.49. The number of hydrogen-bond acceptors (Lipinski definition) is 8. The standard InChI is InChI=1S/C16H15BrN4O5S2/c17-12-4-3-11(25-12)15-19-20-16(26-15)18-14(22)10-5-7-21(8-6-10)28(23,24)13-2-1-9-27-13/h1-4,9-10H,5-8H2,(H,18,20,22). The number of aromatic nitrogens is 2. The van der Waals surface area contributed by atoms with E-state index < -0.39 is 10.0 Å². The van der Waals surface area contributed by atoms with E-state index in [2.05, 4.69) is 31.4 Å². The Morgan fingerprint density at radius 3 is 2.64 bits per heavy atom. The van der Waals surface area contributed by atoms with Crippen LogP contribution in [0.4, 0.5) is 6.01 Å². The molecule has 28 heavy (non-hydrogen) atoms. The average molecular weight is 487 g/mol. The number of nitrogens with one attached hydrogen (secondary N) is 1. The number of carbonyl (C=O) groups is 1. The molecule has 3 aromatic rings. The third-order valence-corrected chi connectivity index (χ3v) is 8.05. The van der Waals surface area contributed by atoms with E-state index in [-0.39, 0.29) is 36.8 Å². The number of piperidine rings is 1. The molecule has 9 nitrogen and oxygen atoms in total. The molecular weight excluding hydrogens is 472 g/mol. The lowest BCUT2D eigenvalue weighted by atomic mass is 9.97. The fourth-order valence-corrected chi connectivity index (χ4v) is 5.83. The van der Waals surface area contributed by atoms with Crippen molar-refractivity contribution in [3.63, 3.8) is 0 Å². The lowest BCUT2D eigenvalue weighted by Gasteiger charge is -2.29. The molecule has 1 amide bonds. The Hall–Kier alpha value is -2.02. The summed E-state index contributed by atoms with van der Waals surface area (Å²) in [6.45, 7) is 0.571. The monoisotopic (exact) mass is 486 g/mol. The van der Waals surface area contributed by atoms with Gasteiger partial charge in [0.05, 0.1) is 0 Å². The summed E-state index contributed by atoms with van der Waals surface area (Å²) < 4.78 is 38.1. The van der Waals surface area contributed by atoms with Crippen molar-refractivity contribution in [2.45, 2.75) is 17.1 Å². The summed E-state index contributed by atoms with van der Waals surface area (Å²) in [6.07, 6.45) is 0.838. The number of thiophene rings is 1. The van der Waals surface area contributed by atoms with Crippen molar-refractivity contribution in [2.24, 2.45) is 5.92 Å². The van der Waals surface area contributed by atoms with Gasteiger partial charge in [0.2, 0.25) is 5.91 Å². The molecular formula is C16H15BrN4O5S2. The highest BCUT2D eigenvalue weighted by Crippen LogP contribution is 2.28. The quantitative estimate of drug-likeness (QED) is 0.587. The van der Waals surface area contributed by atoms with Gasteiger partial charge in [-0.15, -0.1) is 16.4 Å². The normalized spacial score (nSPS) is 16.3. The number of amides is 1. The van der Waals surface area contributed by atoms with Gasteiger partial charge < -0.3 is 8.83 Å². The summed E-state index contributed by atoms with van der Waals surface area (Å²) >= 11 is 4.37. The van der Waals surface area contributed by atoms with E-state index in [4.69, 9.17) is 8.83 Å². The maximum Gasteiger partial charge on any atom is 0.322 e. The zero-order valence-electron chi connectivity index (χ0n) is 14.4. The maximum atomic E-state index is 12.5. The van der Waals surface area contributed by atoms with Crippen LogP contribution in [-0.2, 0) is 14.8 Å². The Bertz CT molecular complexity index is 1070. The molecule has 1 aliphatic rings. The third-order valence-electron chi connectivity index (χ3n) is 4.35. The summed E-state index contributed by atoms with van der Waals surface area (Å²) in [7, 11) is -3.49. The highest BCUT2D eigenvalue weighted by atomic mass is 79.9. The number of nitrogens with zero attached hydrogens (tertiary/aromatic N) is 3.